The summed E-state index contributed by atoms with van der Waals surface area (Å²) in [5.74, 6) is 1.71. The van der Waals surface area contributed by atoms with E-state index in [1.54, 1.807) is 18.9 Å². The maximum Gasteiger partial charge on any atom is 0.117 e. The summed E-state index contributed by atoms with van der Waals surface area (Å²) in [7, 11) is 5.34. The lowest BCUT2D eigenvalue weighted by Crippen LogP contribution is -2.28. The summed E-state index contributed by atoms with van der Waals surface area (Å²) < 4.78 is 13.1. The predicted octanol–water partition coefficient (Wildman–Crippen LogP) is 4.82. The smallest absolute Gasteiger partial charge is 0.117 e. The number of allylic oxidation sites excluding steroid dienone is 3. The molecule has 188 valence electrons. The standard InChI is InChI=1S/C28H33N5O3/c1-31-20-23(19-30-31)22-14-21-15-24(6-9-28(21)29-18-22)33(12-4-10-32-11-5-13-36-32)25-16-26(34-2)7-8-27(17-25)35-3/h6-7,9,14-20H,4-5,8,10-13H2,1-3H3. The average Bonchev–Trinajstić information content (AvgIpc) is 3.53. The molecule has 0 N–H and O–H groups in total. The van der Waals surface area contributed by atoms with Crippen LogP contribution in [-0.4, -0.2) is 60.3 Å². The van der Waals surface area contributed by atoms with Crippen LogP contribution in [0.1, 0.15) is 19.3 Å². The van der Waals surface area contributed by atoms with Gasteiger partial charge in [0.2, 0.25) is 0 Å². The van der Waals surface area contributed by atoms with Gasteiger partial charge in [0.25, 0.3) is 0 Å². The molecule has 1 aliphatic carbocycles. The Hall–Kier alpha value is -3.62. The van der Waals surface area contributed by atoms with E-state index in [0.717, 1.165) is 84.0 Å². The molecule has 2 aliphatic rings. The van der Waals surface area contributed by atoms with E-state index in [1.807, 2.05) is 31.7 Å². The summed E-state index contributed by atoms with van der Waals surface area (Å²) in [4.78, 5) is 12.7. The molecule has 0 spiro atoms. The van der Waals surface area contributed by atoms with E-state index in [2.05, 4.69) is 51.5 Å². The molecule has 0 saturated carbocycles. The highest BCUT2D eigenvalue weighted by Crippen LogP contribution is 2.30. The minimum Gasteiger partial charge on any atom is -0.501 e. The van der Waals surface area contributed by atoms with E-state index in [1.165, 1.54) is 0 Å². The lowest BCUT2D eigenvalue weighted by Gasteiger charge is -2.27. The van der Waals surface area contributed by atoms with Crippen LogP contribution in [0.15, 0.2) is 78.3 Å². The van der Waals surface area contributed by atoms with Crippen molar-refractivity contribution >= 4 is 16.6 Å². The van der Waals surface area contributed by atoms with Crippen LogP contribution in [-0.2, 0) is 21.4 Å². The van der Waals surface area contributed by atoms with Gasteiger partial charge < -0.3 is 14.4 Å². The average molecular weight is 488 g/mol. The highest BCUT2D eigenvalue weighted by atomic mass is 16.7. The van der Waals surface area contributed by atoms with Gasteiger partial charge in [0.05, 0.1) is 32.5 Å². The van der Waals surface area contributed by atoms with Gasteiger partial charge in [-0.05, 0) is 49.3 Å². The number of fused-ring (bicyclic) bond motifs is 1. The Morgan fingerprint density at radius 1 is 1.08 bits per heavy atom. The summed E-state index contributed by atoms with van der Waals surface area (Å²) in [6.07, 6.45) is 14.7. The Morgan fingerprint density at radius 2 is 2.00 bits per heavy atom. The lowest BCUT2D eigenvalue weighted by atomic mass is 10.1. The number of pyridine rings is 1. The molecule has 0 amide bonds. The highest BCUT2D eigenvalue weighted by Gasteiger charge is 2.18. The summed E-state index contributed by atoms with van der Waals surface area (Å²) >= 11 is 0. The molecule has 8 nitrogen and oxygen atoms in total. The molecule has 2 aromatic heterocycles. The Kier molecular flexibility index (Phi) is 7.34. The molecule has 0 bridgehead atoms. The number of ether oxygens (including phenoxy) is 2. The number of nitrogens with zero attached hydrogens (tertiary/aromatic N) is 5. The van der Waals surface area contributed by atoms with Crippen molar-refractivity contribution in [3.05, 3.63) is 78.3 Å². The minimum atomic E-state index is 0.686. The van der Waals surface area contributed by atoms with E-state index in [9.17, 15) is 0 Å². The third kappa shape index (κ3) is 5.45. The Morgan fingerprint density at radius 3 is 2.75 bits per heavy atom. The zero-order valence-electron chi connectivity index (χ0n) is 21.2. The second-order valence-corrected chi connectivity index (χ2v) is 9.02. The second-order valence-electron chi connectivity index (χ2n) is 9.02. The van der Waals surface area contributed by atoms with Crippen molar-refractivity contribution in [2.24, 2.45) is 7.05 Å². The molecule has 1 aromatic carbocycles. The topological polar surface area (TPSA) is 64.9 Å². The number of hydrogen-bond acceptors (Lipinski definition) is 7. The van der Waals surface area contributed by atoms with Gasteiger partial charge >= 0.3 is 0 Å². The first-order chi connectivity index (χ1) is 17.6. The maximum atomic E-state index is 5.71. The van der Waals surface area contributed by atoms with Crippen LogP contribution in [0, 0.1) is 0 Å². The summed E-state index contributed by atoms with van der Waals surface area (Å²) in [5, 5.41) is 7.46. The minimum absolute atomic E-state index is 0.686. The molecule has 1 fully saturated rings. The van der Waals surface area contributed by atoms with Gasteiger partial charge in [-0.3, -0.25) is 14.5 Å². The number of rotatable bonds is 9. The molecular weight excluding hydrogens is 454 g/mol. The van der Waals surface area contributed by atoms with Crippen molar-refractivity contribution in [2.75, 3.05) is 45.4 Å². The van der Waals surface area contributed by atoms with Crippen LogP contribution in [0.3, 0.4) is 0 Å². The normalized spacial score (nSPS) is 16.4. The molecule has 5 rings (SSSR count). The molecule has 0 unspecified atom stereocenters. The monoisotopic (exact) mass is 487 g/mol. The number of hydroxylamine groups is 2. The number of benzene rings is 1. The first-order valence-electron chi connectivity index (χ1n) is 12.4. The number of hydrogen-bond donors (Lipinski definition) is 0. The SMILES string of the molecule is COC1=CCC(OC)=CC(N(CCCN2CCCO2)c2ccc3ncc(-c4cnn(C)c4)cc3c2)=C1. The van der Waals surface area contributed by atoms with Gasteiger partial charge in [-0.1, -0.05) is 0 Å². The van der Waals surface area contributed by atoms with Gasteiger partial charge in [0.1, 0.15) is 11.5 Å². The Bertz CT molecular complexity index is 1300. The highest BCUT2D eigenvalue weighted by molar-refractivity contribution is 5.86. The van der Waals surface area contributed by atoms with Crippen molar-refractivity contribution in [2.45, 2.75) is 19.3 Å². The number of aromatic nitrogens is 3. The Labute approximate surface area is 212 Å². The Balaban J connectivity index is 1.50. The molecule has 0 atom stereocenters. The zero-order chi connectivity index (χ0) is 24.9. The van der Waals surface area contributed by atoms with Gasteiger partial charge in [-0.25, -0.2) is 0 Å². The fourth-order valence-corrected chi connectivity index (χ4v) is 4.61. The van der Waals surface area contributed by atoms with Crippen molar-refractivity contribution in [1.82, 2.24) is 19.8 Å². The van der Waals surface area contributed by atoms with Crippen LogP contribution < -0.4 is 4.90 Å². The summed E-state index contributed by atoms with van der Waals surface area (Å²) in [5.41, 5.74) is 5.16. The molecular formula is C28H33N5O3. The maximum absolute atomic E-state index is 5.71. The van der Waals surface area contributed by atoms with Gasteiger partial charge in [0, 0.05) is 79.5 Å². The molecule has 0 radical (unpaired) electrons. The van der Waals surface area contributed by atoms with E-state index < -0.39 is 0 Å². The molecule has 8 heteroatoms. The zero-order valence-corrected chi connectivity index (χ0v) is 21.2. The van der Waals surface area contributed by atoms with Gasteiger partial charge in [-0.15, -0.1) is 0 Å². The van der Waals surface area contributed by atoms with Crippen molar-refractivity contribution in [3.63, 3.8) is 0 Å². The molecule has 1 aliphatic heterocycles. The fraction of sp³-hybridized carbons (Fsp3) is 0.357. The predicted molar refractivity (Wildman–Crippen MR) is 141 cm³/mol. The van der Waals surface area contributed by atoms with Crippen molar-refractivity contribution in [3.8, 4) is 11.1 Å². The van der Waals surface area contributed by atoms with E-state index in [-0.39, 0.29) is 0 Å². The largest absolute Gasteiger partial charge is 0.501 e. The van der Waals surface area contributed by atoms with Crippen LogP contribution >= 0.6 is 0 Å². The molecule has 36 heavy (non-hydrogen) atoms. The first kappa shape index (κ1) is 24.1. The van der Waals surface area contributed by atoms with E-state index >= 15 is 0 Å². The lowest BCUT2D eigenvalue weighted by molar-refractivity contribution is -0.109. The van der Waals surface area contributed by atoms with E-state index in [0.29, 0.717) is 6.42 Å². The van der Waals surface area contributed by atoms with Crippen LogP contribution in [0.5, 0.6) is 0 Å². The van der Waals surface area contributed by atoms with Crippen LogP contribution in [0.25, 0.3) is 22.0 Å². The van der Waals surface area contributed by atoms with E-state index in [4.69, 9.17) is 19.3 Å². The van der Waals surface area contributed by atoms with Crippen LogP contribution in [0.2, 0.25) is 0 Å². The number of methoxy groups -OCH3 is 2. The fourth-order valence-electron chi connectivity index (χ4n) is 4.61. The first-order valence-corrected chi connectivity index (χ1v) is 12.4. The third-order valence-corrected chi connectivity index (χ3v) is 6.54. The molecule has 3 heterocycles. The third-order valence-electron chi connectivity index (χ3n) is 6.54. The van der Waals surface area contributed by atoms with Gasteiger partial charge in [-0.2, -0.15) is 10.2 Å². The van der Waals surface area contributed by atoms with Crippen molar-refractivity contribution in [1.29, 1.82) is 0 Å². The van der Waals surface area contributed by atoms with Crippen LogP contribution in [0.4, 0.5) is 5.69 Å². The van der Waals surface area contributed by atoms with Gasteiger partial charge in [0.15, 0.2) is 0 Å². The summed E-state index contributed by atoms with van der Waals surface area (Å²) in [6.45, 7) is 3.51. The molecule has 3 aromatic rings. The molecule has 1 saturated heterocycles. The quantitative estimate of drug-likeness (QED) is 0.429. The van der Waals surface area contributed by atoms with Crippen molar-refractivity contribution < 1.29 is 14.3 Å². The number of aryl methyl sites for hydroxylation is 1. The second kappa shape index (κ2) is 11.0. The summed E-state index contributed by atoms with van der Waals surface area (Å²) in [6, 6.07) is 8.60. The number of anilines is 1.